The number of carboxylic acid groups (broad SMARTS) is 1. The van der Waals surface area contributed by atoms with E-state index < -0.39 is 22.4 Å². The van der Waals surface area contributed by atoms with Gasteiger partial charge in [0, 0.05) is 11.4 Å². The van der Waals surface area contributed by atoms with Gasteiger partial charge < -0.3 is 5.11 Å². The minimum atomic E-state index is -1.12. The molecule has 1 aromatic rings. The van der Waals surface area contributed by atoms with Crippen LogP contribution >= 0.6 is 15.9 Å². The lowest BCUT2D eigenvalue weighted by Gasteiger charge is -2.05. The molecule has 0 aliphatic rings. The standard InChI is InChI=1S/C9H7BrFNO4/c10-4-6-2-8(12(15)16)7(11)1-5(6)3-9(13)14/h1-2H,3-4H2,(H,13,14). The molecule has 0 radical (unpaired) electrons. The number of aliphatic carboxylic acids is 1. The van der Waals surface area contributed by atoms with Crippen LogP contribution in [0, 0.1) is 15.9 Å². The van der Waals surface area contributed by atoms with E-state index in [4.69, 9.17) is 5.11 Å². The maximum absolute atomic E-state index is 13.2. The summed E-state index contributed by atoms with van der Waals surface area (Å²) in [5.41, 5.74) is -0.0217. The van der Waals surface area contributed by atoms with Crippen molar-refractivity contribution in [2.45, 2.75) is 11.8 Å². The summed E-state index contributed by atoms with van der Waals surface area (Å²) in [6.07, 6.45) is -0.365. The van der Waals surface area contributed by atoms with Gasteiger partial charge in [-0.3, -0.25) is 14.9 Å². The number of halogens is 2. The number of hydrogen-bond acceptors (Lipinski definition) is 3. The Morgan fingerprint density at radius 1 is 1.50 bits per heavy atom. The van der Waals surface area contributed by atoms with E-state index in [0.29, 0.717) is 5.56 Å². The molecule has 0 aliphatic carbocycles. The fraction of sp³-hybridized carbons (Fsp3) is 0.222. The Labute approximate surface area is 98.2 Å². The third kappa shape index (κ3) is 2.75. The van der Waals surface area contributed by atoms with Crippen molar-refractivity contribution in [1.82, 2.24) is 0 Å². The second kappa shape index (κ2) is 5.02. The van der Waals surface area contributed by atoms with Gasteiger partial charge >= 0.3 is 11.7 Å². The van der Waals surface area contributed by atoms with Gasteiger partial charge in [0.1, 0.15) is 0 Å². The number of nitrogens with zero attached hydrogens (tertiary/aromatic N) is 1. The van der Waals surface area contributed by atoms with Gasteiger partial charge in [-0.05, 0) is 17.2 Å². The number of alkyl halides is 1. The molecule has 0 atom stereocenters. The van der Waals surface area contributed by atoms with Gasteiger partial charge in [0.2, 0.25) is 5.82 Å². The zero-order valence-electron chi connectivity index (χ0n) is 7.94. The minimum absolute atomic E-state index is 0.229. The van der Waals surface area contributed by atoms with Crippen molar-refractivity contribution < 1.29 is 19.2 Å². The third-order valence-corrected chi connectivity index (χ3v) is 2.56. The van der Waals surface area contributed by atoms with Crippen LogP contribution < -0.4 is 0 Å². The lowest BCUT2D eigenvalue weighted by molar-refractivity contribution is -0.387. The first kappa shape index (κ1) is 12.6. The molecule has 7 heteroatoms. The third-order valence-electron chi connectivity index (χ3n) is 1.95. The molecule has 16 heavy (non-hydrogen) atoms. The predicted molar refractivity (Wildman–Crippen MR) is 57.0 cm³/mol. The zero-order valence-corrected chi connectivity index (χ0v) is 9.53. The van der Waals surface area contributed by atoms with Crippen LogP contribution in [0.4, 0.5) is 10.1 Å². The van der Waals surface area contributed by atoms with Crippen LogP contribution in [0.5, 0.6) is 0 Å². The monoisotopic (exact) mass is 291 g/mol. The molecule has 0 spiro atoms. The normalized spacial score (nSPS) is 10.1. The Balaban J connectivity index is 3.26. The molecule has 1 aromatic carbocycles. The van der Waals surface area contributed by atoms with Crippen molar-refractivity contribution in [3.63, 3.8) is 0 Å². The average molecular weight is 292 g/mol. The first-order valence-electron chi connectivity index (χ1n) is 4.19. The number of carbonyl (C=O) groups is 1. The van der Waals surface area contributed by atoms with Gasteiger partial charge in [0.25, 0.3) is 0 Å². The highest BCUT2D eigenvalue weighted by atomic mass is 79.9. The Morgan fingerprint density at radius 3 is 2.56 bits per heavy atom. The van der Waals surface area contributed by atoms with Crippen molar-refractivity contribution in [2.24, 2.45) is 0 Å². The first-order chi connectivity index (χ1) is 7.45. The van der Waals surface area contributed by atoms with Gasteiger partial charge in [0.15, 0.2) is 0 Å². The van der Waals surface area contributed by atoms with Crippen molar-refractivity contribution >= 4 is 27.6 Å². The molecule has 0 amide bonds. The maximum Gasteiger partial charge on any atom is 0.307 e. The highest BCUT2D eigenvalue weighted by Gasteiger charge is 2.18. The van der Waals surface area contributed by atoms with Crippen molar-refractivity contribution in [2.75, 3.05) is 0 Å². The van der Waals surface area contributed by atoms with E-state index in [9.17, 15) is 19.3 Å². The lowest BCUT2D eigenvalue weighted by atomic mass is 10.0. The smallest absolute Gasteiger partial charge is 0.307 e. The largest absolute Gasteiger partial charge is 0.481 e. The summed E-state index contributed by atoms with van der Waals surface area (Å²) in [6.45, 7) is 0. The number of benzene rings is 1. The second-order valence-electron chi connectivity index (χ2n) is 3.03. The Hall–Kier alpha value is -1.50. The van der Waals surface area contributed by atoms with Crippen LogP contribution in [-0.4, -0.2) is 16.0 Å². The van der Waals surface area contributed by atoms with E-state index in [1.165, 1.54) is 0 Å². The molecule has 0 aliphatic heterocycles. The van der Waals surface area contributed by atoms with E-state index in [2.05, 4.69) is 15.9 Å². The molecule has 0 saturated heterocycles. The lowest BCUT2D eigenvalue weighted by Crippen LogP contribution is -2.05. The Bertz CT molecular complexity index is 449. The summed E-state index contributed by atoms with van der Waals surface area (Å²) in [5.74, 6) is -2.14. The predicted octanol–water partition coefficient (Wildman–Crippen LogP) is 2.26. The molecule has 1 rings (SSSR count). The Kier molecular flexibility index (Phi) is 3.94. The SMILES string of the molecule is O=C(O)Cc1cc(F)c([N+](=O)[O-])cc1CBr. The Morgan fingerprint density at radius 2 is 2.12 bits per heavy atom. The number of nitro groups is 1. The highest BCUT2D eigenvalue weighted by molar-refractivity contribution is 9.08. The molecule has 0 unspecified atom stereocenters. The summed E-state index contributed by atoms with van der Waals surface area (Å²) in [7, 11) is 0. The maximum atomic E-state index is 13.2. The molecule has 0 saturated carbocycles. The molecular formula is C9H7BrFNO4. The summed E-state index contributed by atoms with van der Waals surface area (Å²) in [6, 6.07) is 1.94. The summed E-state index contributed by atoms with van der Waals surface area (Å²) >= 11 is 3.07. The van der Waals surface area contributed by atoms with E-state index in [1.807, 2.05) is 0 Å². The van der Waals surface area contributed by atoms with Crippen LogP contribution in [0.1, 0.15) is 11.1 Å². The first-order valence-corrected chi connectivity index (χ1v) is 5.31. The van der Waals surface area contributed by atoms with Crippen molar-refractivity contribution in [3.8, 4) is 0 Å². The van der Waals surface area contributed by atoms with Gasteiger partial charge in [-0.1, -0.05) is 15.9 Å². The van der Waals surface area contributed by atoms with Gasteiger partial charge in [0.05, 0.1) is 11.3 Å². The summed E-state index contributed by atoms with van der Waals surface area (Å²) < 4.78 is 13.2. The van der Waals surface area contributed by atoms with Gasteiger partial charge in [-0.25, -0.2) is 0 Å². The van der Waals surface area contributed by atoms with Crippen molar-refractivity contribution in [3.05, 3.63) is 39.2 Å². The molecule has 86 valence electrons. The molecule has 0 heterocycles. The number of rotatable bonds is 4. The van der Waals surface area contributed by atoms with Crippen LogP contribution in [0.3, 0.4) is 0 Å². The van der Waals surface area contributed by atoms with Gasteiger partial charge in [-0.15, -0.1) is 0 Å². The van der Waals surface area contributed by atoms with E-state index >= 15 is 0 Å². The summed E-state index contributed by atoms with van der Waals surface area (Å²) in [4.78, 5) is 20.1. The van der Waals surface area contributed by atoms with Crippen LogP contribution in [0.25, 0.3) is 0 Å². The van der Waals surface area contributed by atoms with Crippen LogP contribution in [-0.2, 0) is 16.5 Å². The number of carboxylic acids is 1. The second-order valence-corrected chi connectivity index (χ2v) is 3.59. The molecule has 5 nitrogen and oxygen atoms in total. The van der Waals surface area contributed by atoms with E-state index in [-0.39, 0.29) is 17.3 Å². The molecule has 1 N–H and O–H groups in total. The molecular weight excluding hydrogens is 285 g/mol. The molecule has 0 fully saturated rings. The minimum Gasteiger partial charge on any atom is -0.481 e. The molecule has 0 aromatic heterocycles. The number of hydrogen-bond donors (Lipinski definition) is 1. The van der Waals surface area contributed by atoms with Crippen LogP contribution in [0.2, 0.25) is 0 Å². The zero-order chi connectivity index (χ0) is 12.3. The topological polar surface area (TPSA) is 80.4 Å². The van der Waals surface area contributed by atoms with Crippen LogP contribution in [0.15, 0.2) is 12.1 Å². The van der Waals surface area contributed by atoms with E-state index in [1.54, 1.807) is 0 Å². The van der Waals surface area contributed by atoms with Gasteiger partial charge in [-0.2, -0.15) is 4.39 Å². The van der Waals surface area contributed by atoms with Crippen molar-refractivity contribution in [1.29, 1.82) is 0 Å². The molecule has 0 bridgehead atoms. The van der Waals surface area contributed by atoms with E-state index in [0.717, 1.165) is 12.1 Å². The quantitative estimate of drug-likeness (QED) is 0.524. The average Bonchev–Trinajstić information content (AvgIpc) is 2.16. The fourth-order valence-electron chi connectivity index (χ4n) is 1.24. The fourth-order valence-corrected chi connectivity index (χ4v) is 1.76. The number of nitro benzene ring substituents is 1. The summed E-state index contributed by atoms with van der Waals surface area (Å²) in [5, 5.41) is 19.3. The highest BCUT2D eigenvalue weighted by Crippen LogP contribution is 2.24.